The fraction of sp³-hybridized carbons (Fsp3) is 0.316. The van der Waals surface area contributed by atoms with Crippen LogP contribution in [-0.2, 0) is 4.84 Å². The zero-order valence-corrected chi connectivity index (χ0v) is 16.9. The Labute approximate surface area is 166 Å². The first-order valence-electron chi connectivity index (χ1n) is 8.69. The molecule has 1 aliphatic rings. The number of rotatable bonds is 4. The number of nitrogens with zero attached hydrogens (tertiary/aromatic N) is 4. The number of thiophene rings is 1. The largest absolute Gasteiger partial charge is 0.305 e. The third kappa shape index (κ3) is 3.10. The van der Waals surface area contributed by atoms with Crippen molar-refractivity contribution in [3.8, 4) is 5.00 Å². The van der Waals surface area contributed by atoms with Crippen LogP contribution in [-0.4, -0.2) is 27.1 Å². The van der Waals surface area contributed by atoms with Gasteiger partial charge in [-0.2, -0.15) is 0 Å². The number of aliphatic imine (C=N–C) groups is 1. The van der Waals surface area contributed by atoms with E-state index in [1.807, 2.05) is 31.2 Å². The SMILES string of the molecule is Cc1sc2c(c1C)C(c1ccc(Cl)cc1)=N[C@@H](CCON)c1nnc(C)n1-2. The van der Waals surface area contributed by atoms with Gasteiger partial charge in [0.1, 0.15) is 16.9 Å². The number of nitrogens with two attached hydrogens (primary N) is 1. The summed E-state index contributed by atoms with van der Waals surface area (Å²) < 4.78 is 2.12. The molecule has 2 N–H and O–H groups in total. The third-order valence-electron chi connectivity index (χ3n) is 4.87. The smallest absolute Gasteiger partial charge is 0.163 e. The van der Waals surface area contributed by atoms with Crippen molar-refractivity contribution < 1.29 is 4.84 Å². The summed E-state index contributed by atoms with van der Waals surface area (Å²) >= 11 is 7.84. The van der Waals surface area contributed by atoms with E-state index in [2.05, 4.69) is 28.6 Å². The predicted octanol–water partition coefficient (Wildman–Crippen LogP) is 4.08. The molecule has 8 heteroatoms. The predicted molar refractivity (Wildman–Crippen MR) is 108 cm³/mol. The van der Waals surface area contributed by atoms with Gasteiger partial charge in [0.2, 0.25) is 0 Å². The Kier molecular flexibility index (Phi) is 4.86. The Bertz CT molecular complexity index is 1020. The number of aromatic nitrogens is 3. The molecule has 3 aromatic rings. The lowest BCUT2D eigenvalue weighted by atomic mass is 9.99. The average Bonchev–Trinajstić information content (AvgIpc) is 3.12. The van der Waals surface area contributed by atoms with Gasteiger partial charge in [0.05, 0.1) is 12.3 Å². The molecule has 27 heavy (non-hydrogen) atoms. The molecule has 140 valence electrons. The summed E-state index contributed by atoms with van der Waals surface area (Å²) in [7, 11) is 0. The average molecular weight is 402 g/mol. The minimum absolute atomic E-state index is 0.195. The second-order valence-corrected chi connectivity index (χ2v) is 8.20. The molecular weight excluding hydrogens is 382 g/mol. The summed E-state index contributed by atoms with van der Waals surface area (Å²) in [6.07, 6.45) is 0.624. The monoisotopic (exact) mass is 401 g/mol. The molecule has 0 saturated heterocycles. The van der Waals surface area contributed by atoms with Gasteiger partial charge in [0.25, 0.3) is 0 Å². The Balaban J connectivity index is 1.99. The quantitative estimate of drug-likeness (QED) is 0.668. The topological polar surface area (TPSA) is 78.3 Å². The van der Waals surface area contributed by atoms with E-state index < -0.39 is 0 Å². The van der Waals surface area contributed by atoms with Gasteiger partial charge in [0.15, 0.2) is 5.82 Å². The highest BCUT2D eigenvalue weighted by Gasteiger charge is 2.31. The number of benzene rings is 1. The Morgan fingerprint density at radius 2 is 1.93 bits per heavy atom. The van der Waals surface area contributed by atoms with Crippen molar-refractivity contribution in [1.29, 1.82) is 0 Å². The standard InChI is InChI=1S/C19H20ClN5OS/c1-10-11(2)27-19-16(10)17(13-4-6-14(20)7-5-13)22-15(8-9-26-21)18-24-23-12(3)25(18)19/h4-7,15H,8-9,21H2,1-3H3/t15-/m0/s1. The minimum atomic E-state index is -0.195. The molecule has 6 nitrogen and oxygen atoms in total. The Hall–Kier alpha value is -2.06. The Morgan fingerprint density at radius 3 is 2.63 bits per heavy atom. The van der Waals surface area contributed by atoms with Crippen LogP contribution in [0.25, 0.3) is 5.00 Å². The van der Waals surface area contributed by atoms with Gasteiger partial charge in [-0.1, -0.05) is 23.7 Å². The van der Waals surface area contributed by atoms with E-state index >= 15 is 0 Å². The lowest BCUT2D eigenvalue weighted by Crippen LogP contribution is -2.10. The summed E-state index contributed by atoms with van der Waals surface area (Å²) in [6, 6.07) is 7.60. The molecule has 3 heterocycles. The normalized spacial score (nSPS) is 15.9. The van der Waals surface area contributed by atoms with Gasteiger partial charge in [-0.25, -0.2) is 5.90 Å². The highest BCUT2D eigenvalue weighted by Crippen LogP contribution is 2.39. The van der Waals surface area contributed by atoms with Crippen molar-refractivity contribution in [2.75, 3.05) is 6.61 Å². The highest BCUT2D eigenvalue weighted by atomic mass is 35.5. The van der Waals surface area contributed by atoms with Crippen molar-refractivity contribution >= 4 is 28.6 Å². The van der Waals surface area contributed by atoms with Gasteiger partial charge >= 0.3 is 0 Å². The molecule has 0 amide bonds. The van der Waals surface area contributed by atoms with Crippen molar-refractivity contribution in [3.63, 3.8) is 0 Å². The number of halogens is 1. The summed E-state index contributed by atoms with van der Waals surface area (Å²) in [4.78, 5) is 11.2. The lowest BCUT2D eigenvalue weighted by molar-refractivity contribution is 0.130. The fourth-order valence-electron chi connectivity index (χ4n) is 3.37. The third-order valence-corrected chi connectivity index (χ3v) is 6.31. The first-order valence-corrected chi connectivity index (χ1v) is 9.88. The summed E-state index contributed by atoms with van der Waals surface area (Å²) in [5, 5.41) is 10.5. The zero-order chi connectivity index (χ0) is 19.1. The molecule has 0 aliphatic carbocycles. The highest BCUT2D eigenvalue weighted by molar-refractivity contribution is 7.15. The van der Waals surface area contributed by atoms with Crippen molar-refractivity contribution in [3.05, 3.63) is 62.5 Å². The van der Waals surface area contributed by atoms with Crippen molar-refractivity contribution in [2.24, 2.45) is 10.9 Å². The van der Waals surface area contributed by atoms with E-state index in [0.717, 1.165) is 33.5 Å². The molecule has 0 spiro atoms. The lowest BCUT2D eigenvalue weighted by Gasteiger charge is -2.12. The van der Waals surface area contributed by atoms with E-state index in [1.165, 1.54) is 10.4 Å². The van der Waals surface area contributed by atoms with Crippen LogP contribution < -0.4 is 5.90 Å². The molecule has 2 aromatic heterocycles. The molecular formula is C19H20ClN5OS. The van der Waals surface area contributed by atoms with Crippen molar-refractivity contribution in [1.82, 2.24) is 14.8 Å². The summed E-state index contributed by atoms with van der Waals surface area (Å²) in [6.45, 7) is 6.63. The fourth-order valence-corrected chi connectivity index (χ4v) is 4.71. The molecule has 0 bridgehead atoms. The van der Waals surface area contributed by atoms with E-state index in [1.54, 1.807) is 11.3 Å². The maximum Gasteiger partial charge on any atom is 0.163 e. The first-order chi connectivity index (χ1) is 13.0. The van der Waals surface area contributed by atoms with Crippen LogP contribution in [0.2, 0.25) is 5.02 Å². The summed E-state index contributed by atoms with van der Waals surface area (Å²) in [5.41, 5.74) is 4.31. The van der Waals surface area contributed by atoms with Crippen LogP contribution in [0.1, 0.15) is 45.7 Å². The van der Waals surface area contributed by atoms with Crippen LogP contribution in [0.4, 0.5) is 0 Å². The number of fused-ring (bicyclic) bond motifs is 3. The van der Waals surface area contributed by atoms with Crippen LogP contribution in [0.3, 0.4) is 0 Å². The van der Waals surface area contributed by atoms with Crippen LogP contribution >= 0.6 is 22.9 Å². The van der Waals surface area contributed by atoms with E-state index in [-0.39, 0.29) is 6.04 Å². The molecule has 0 radical (unpaired) electrons. The maximum atomic E-state index is 6.10. The molecule has 0 unspecified atom stereocenters. The zero-order valence-electron chi connectivity index (χ0n) is 15.4. The van der Waals surface area contributed by atoms with Crippen LogP contribution in [0, 0.1) is 20.8 Å². The van der Waals surface area contributed by atoms with Gasteiger partial charge < -0.3 is 4.84 Å². The molecule has 1 aromatic carbocycles. The van der Waals surface area contributed by atoms with Crippen LogP contribution in [0.5, 0.6) is 0 Å². The van der Waals surface area contributed by atoms with Crippen molar-refractivity contribution in [2.45, 2.75) is 33.2 Å². The molecule has 1 aliphatic heterocycles. The summed E-state index contributed by atoms with van der Waals surface area (Å²) in [5.74, 6) is 6.94. The second-order valence-electron chi connectivity index (χ2n) is 6.56. The minimum Gasteiger partial charge on any atom is -0.305 e. The number of hydrogen-bond donors (Lipinski definition) is 1. The first kappa shape index (κ1) is 18.3. The van der Waals surface area contributed by atoms with E-state index in [4.69, 9.17) is 27.3 Å². The molecule has 0 fully saturated rings. The second kappa shape index (κ2) is 7.16. The van der Waals surface area contributed by atoms with Gasteiger partial charge in [-0.05, 0) is 38.5 Å². The Morgan fingerprint density at radius 1 is 1.19 bits per heavy atom. The van der Waals surface area contributed by atoms with E-state index in [0.29, 0.717) is 18.1 Å². The van der Waals surface area contributed by atoms with Gasteiger partial charge in [-0.3, -0.25) is 9.56 Å². The molecule has 1 atom stereocenters. The van der Waals surface area contributed by atoms with Gasteiger partial charge in [0, 0.05) is 27.4 Å². The van der Waals surface area contributed by atoms with Crippen LogP contribution in [0.15, 0.2) is 29.3 Å². The number of aryl methyl sites for hydroxylation is 2. The van der Waals surface area contributed by atoms with Gasteiger partial charge in [-0.15, -0.1) is 21.5 Å². The molecule has 0 saturated carbocycles. The maximum absolute atomic E-state index is 6.10. The van der Waals surface area contributed by atoms with E-state index in [9.17, 15) is 0 Å². The molecule has 4 rings (SSSR count). The number of hydrogen-bond acceptors (Lipinski definition) is 6.